The SMILES string of the molecule is CN1C(=O)CC(=O)c2c1ccp(Cc1ccccc1)c2=O. The Bertz CT molecular complexity index is 780. The van der Waals surface area contributed by atoms with Crippen LogP contribution >= 0.6 is 7.53 Å². The molecule has 2 aromatic rings. The lowest BCUT2D eigenvalue weighted by molar-refractivity contribution is -0.117. The number of ketones is 1. The van der Waals surface area contributed by atoms with Crippen LogP contribution in [0, 0.1) is 0 Å². The molecule has 1 aliphatic heterocycles. The number of anilines is 1. The fourth-order valence-corrected chi connectivity index (χ4v) is 4.33. The molecule has 0 saturated heterocycles. The minimum atomic E-state index is -1.05. The maximum atomic E-state index is 12.6. The van der Waals surface area contributed by atoms with E-state index in [9.17, 15) is 14.4 Å². The topological polar surface area (TPSA) is 54.5 Å². The van der Waals surface area contributed by atoms with Crippen molar-refractivity contribution in [3.8, 4) is 0 Å². The van der Waals surface area contributed by atoms with Gasteiger partial charge >= 0.3 is 0 Å². The van der Waals surface area contributed by atoms with Gasteiger partial charge in [0.15, 0.2) is 5.78 Å². The number of hydrogen-bond acceptors (Lipinski definition) is 3. The van der Waals surface area contributed by atoms with Crippen LogP contribution in [0.2, 0.25) is 0 Å². The molecule has 1 amide bonds. The van der Waals surface area contributed by atoms with E-state index < -0.39 is 7.53 Å². The van der Waals surface area contributed by atoms with Gasteiger partial charge in [0.2, 0.25) is 11.1 Å². The Morgan fingerprint density at radius 3 is 2.52 bits per heavy atom. The van der Waals surface area contributed by atoms with Gasteiger partial charge in [-0.15, -0.1) is 0 Å². The molecule has 1 unspecified atom stereocenters. The Hall–Kier alpha value is -2.19. The third-order valence-electron chi connectivity index (χ3n) is 3.67. The minimum absolute atomic E-state index is 0.115. The van der Waals surface area contributed by atoms with Crippen LogP contribution in [0.3, 0.4) is 0 Å². The Morgan fingerprint density at radius 2 is 1.81 bits per heavy atom. The molecule has 2 heterocycles. The van der Waals surface area contributed by atoms with Crippen LogP contribution in [0.15, 0.2) is 47.0 Å². The maximum absolute atomic E-state index is 12.6. The van der Waals surface area contributed by atoms with Gasteiger partial charge in [-0.25, -0.2) is 0 Å². The first-order valence-electron chi connectivity index (χ1n) is 6.65. The molecular weight excluding hydrogens is 285 g/mol. The molecule has 0 saturated carbocycles. The number of rotatable bonds is 2. The van der Waals surface area contributed by atoms with Crippen molar-refractivity contribution in [2.45, 2.75) is 12.6 Å². The number of Topliss-reactive ketones (excluding diaryl/α,β-unsaturated/α-hetero) is 1. The standard InChI is InChI=1S/C16H14NO3P/c1-17-12-7-8-21(10-11-5-3-2-4-6-11)16(20)15(12)13(18)9-14(17)19/h2-8H,9-10H2,1H3. The summed E-state index contributed by atoms with van der Waals surface area (Å²) in [6.45, 7) is 0. The zero-order valence-corrected chi connectivity index (χ0v) is 12.5. The Kier molecular flexibility index (Phi) is 3.48. The summed E-state index contributed by atoms with van der Waals surface area (Å²) < 4.78 is 0. The number of carbonyl (C=O) groups excluding carboxylic acids is 2. The number of hydrogen-bond donors (Lipinski definition) is 0. The highest BCUT2D eigenvalue weighted by Gasteiger charge is 2.30. The van der Waals surface area contributed by atoms with Gasteiger partial charge in [-0.2, -0.15) is 0 Å². The molecule has 3 rings (SSSR count). The van der Waals surface area contributed by atoms with Crippen LogP contribution in [0.5, 0.6) is 0 Å². The third kappa shape index (κ3) is 2.43. The lowest BCUT2D eigenvalue weighted by atomic mass is 10.0. The first-order chi connectivity index (χ1) is 10.1. The molecule has 4 nitrogen and oxygen atoms in total. The molecule has 5 heteroatoms. The minimum Gasteiger partial charge on any atom is -0.314 e. The molecule has 1 aliphatic rings. The Balaban J connectivity index is 2.07. The van der Waals surface area contributed by atoms with Crippen LogP contribution in [-0.2, 0) is 11.0 Å². The van der Waals surface area contributed by atoms with Crippen molar-refractivity contribution in [3.63, 3.8) is 0 Å². The first-order valence-corrected chi connectivity index (χ1v) is 8.24. The molecule has 0 aliphatic carbocycles. The second-order valence-corrected chi connectivity index (χ2v) is 7.01. The van der Waals surface area contributed by atoms with Gasteiger partial charge in [-0.3, -0.25) is 14.4 Å². The third-order valence-corrected chi connectivity index (χ3v) is 5.63. The van der Waals surface area contributed by atoms with Crippen molar-refractivity contribution >= 4 is 24.9 Å². The number of amides is 1. The summed E-state index contributed by atoms with van der Waals surface area (Å²) >= 11 is 0. The second kappa shape index (κ2) is 5.30. The summed E-state index contributed by atoms with van der Waals surface area (Å²) in [5.41, 5.74) is 1.74. The Labute approximate surface area is 123 Å². The largest absolute Gasteiger partial charge is 0.314 e. The van der Waals surface area contributed by atoms with Gasteiger partial charge in [-0.1, -0.05) is 37.9 Å². The van der Waals surface area contributed by atoms with Gasteiger partial charge < -0.3 is 4.90 Å². The van der Waals surface area contributed by atoms with Crippen molar-refractivity contribution in [3.05, 3.63) is 63.3 Å². The molecule has 0 fully saturated rings. The van der Waals surface area contributed by atoms with Crippen molar-refractivity contribution in [2.24, 2.45) is 0 Å². The number of nitrogens with zero attached hydrogens (tertiary/aromatic N) is 1. The zero-order chi connectivity index (χ0) is 15.0. The van der Waals surface area contributed by atoms with Crippen molar-refractivity contribution in [2.75, 3.05) is 11.9 Å². The van der Waals surface area contributed by atoms with E-state index in [4.69, 9.17) is 0 Å². The molecule has 1 aromatic heterocycles. The lowest BCUT2D eigenvalue weighted by Crippen LogP contribution is -2.36. The van der Waals surface area contributed by atoms with E-state index in [1.165, 1.54) is 4.90 Å². The summed E-state index contributed by atoms with van der Waals surface area (Å²) in [6, 6.07) is 11.5. The van der Waals surface area contributed by atoms with E-state index >= 15 is 0 Å². The molecule has 1 atom stereocenters. The number of benzene rings is 1. The van der Waals surface area contributed by atoms with E-state index in [2.05, 4.69) is 0 Å². The molecule has 0 radical (unpaired) electrons. The second-order valence-electron chi connectivity index (χ2n) is 5.05. The predicted octanol–water partition coefficient (Wildman–Crippen LogP) is 2.63. The number of fused-ring (bicyclic) bond motifs is 1. The predicted molar refractivity (Wildman–Crippen MR) is 83.3 cm³/mol. The smallest absolute Gasteiger partial charge is 0.234 e. The summed E-state index contributed by atoms with van der Waals surface area (Å²) in [7, 11) is 0.555. The number of carbonyl (C=O) groups is 2. The van der Waals surface area contributed by atoms with Gasteiger partial charge in [0, 0.05) is 13.2 Å². The van der Waals surface area contributed by atoms with E-state index in [0.29, 0.717) is 11.8 Å². The monoisotopic (exact) mass is 299 g/mol. The zero-order valence-electron chi connectivity index (χ0n) is 11.6. The summed E-state index contributed by atoms with van der Waals surface area (Å²) in [6.07, 6.45) is 0.427. The molecule has 0 spiro atoms. The molecule has 0 bridgehead atoms. The highest BCUT2D eigenvalue weighted by Crippen LogP contribution is 2.33. The van der Waals surface area contributed by atoms with Crippen LogP contribution < -0.4 is 10.1 Å². The van der Waals surface area contributed by atoms with Gasteiger partial charge in [0.05, 0.1) is 17.7 Å². The van der Waals surface area contributed by atoms with E-state index in [-0.39, 0.29) is 28.8 Å². The fourth-order valence-electron chi connectivity index (χ4n) is 2.49. The summed E-state index contributed by atoms with van der Waals surface area (Å²) in [5, 5.41) is -0.115. The van der Waals surface area contributed by atoms with Crippen molar-refractivity contribution in [1.29, 1.82) is 0 Å². The van der Waals surface area contributed by atoms with E-state index in [0.717, 1.165) is 5.56 Å². The van der Waals surface area contributed by atoms with E-state index in [1.54, 1.807) is 13.1 Å². The van der Waals surface area contributed by atoms with Gasteiger partial charge in [0.1, 0.15) is 0 Å². The highest BCUT2D eigenvalue weighted by molar-refractivity contribution is 7.47. The summed E-state index contributed by atoms with van der Waals surface area (Å²) in [4.78, 5) is 37.7. The van der Waals surface area contributed by atoms with E-state index in [1.807, 2.05) is 36.1 Å². The molecule has 0 N–H and O–H groups in total. The van der Waals surface area contributed by atoms with Gasteiger partial charge in [0.25, 0.3) is 0 Å². The average Bonchev–Trinajstić information content (AvgIpc) is 2.48. The average molecular weight is 299 g/mol. The fraction of sp³-hybridized carbons (Fsp3) is 0.188. The van der Waals surface area contributed by atoms with Crippen LogP contribution in [0.25, 0.3) is 0 Å². The lowest BCUT2D eigenvalue weighted by Gasteiger charge is -2.24. The summed E-state index contributed by atoms with van der Waals surface area (Å²) in [5.74, 6) is 1.25. The van der Waals surface area contributed by atoms with Crippen molar-refractivity contribution < 1.29 is 9.59 Å². The van der Waals surface area contributed by atoms with Crippen LogP contribution in [0.1, 0.15) is 22.3 Å². The Morgan fingerprint density at radius 1 is 1.10 bits per heavy atom. The van der Waals surface area contributed by atoms with Crippen LogP contribution in [0.4, 0.5) is 5.69 Å². The van der Waals surface area contributed by atoms with Crippen LogP contribution in [-0.4, -0.2) is 18.7 Å². The normalized spacial score (nSPS) is 15.1. The van der Waals surface area contributed by atoms with Crippen molar-refractivity contribution in [1.82, 2.24) is 0 Å². The molecule has 21 heavy (non-hydrogen) atoms. The highest BCUT2D eigenvalue weighted by atomic mass is 31.1. The van der Waals surface area contributed by atoms with Gasteiger partial charge in [-0.05, 0) is 17.4 Å². The quantitative estimate of drug-likeness (QED) is 0.801. The molecule has 1 aromatic carbocycles. The first kappa shape index (κ1) is 13.8. The maximum Gasteiger partial charge on any atom is 0.234 e. The molecular formula is C16H14NO3P. The molecule has 106 valence electrons.